The van der Waals surface area contributed by atoms with Crippen LogP contribution < -0.4 is 9.80 Å². The lowest BCUT2D eigenvalue weighted by molar-refractivity contribution is -0.143. The van der Waals surface area contributed by atoms with E-state index >= 15 is 0 Å². The predicted molar refractivity (Wildman–Crippen MR) is 145 cm³/mol. The molecule has 2 fully saturated rings. The molecule has 5 heterocycles. The number of aromatic nitrogens is 3. The molecule has 2 atom stereocenters. The molecule has 9 heteroatoms. The zero-order valence-corrected chi connectivity index (χ0v) is 22.4. The standard InChI is InChI=1S/C29H37FN6O2/c1-29(21-9-11-22(30)12-10-21)20-38-17-6-5-13-33(2)27-19-25(34-14-7-15-34)31-26-18-23(32-36(26)27)24-8-3-4-16-35(24)28(29)37/h9-12,18-19,24H,3-8,13-17,20H2,1-2H3. The molecule has 0 N–H and O–H groups in total. The molecule has 8 nitrogen and oxygen atoms in total. The number of fused-ring (bicyclic) bond motifs is 3. The second kappa shape index (κ2) is 10.2. The highest BCUT2D eigenvalue weighted by molar-refractivity contribution is 5.88. The van der Waals surface area contributed by atoms with Crippen molar-refractivity contribution in [3.05, 3.63) is 53.5 Å². The summed E-state index contributed by atoms with van der Waals surface area (Å²) in [7, 11) is 2.11. The van der Waals surface area contributed by atoms with Gasteiger partial charge in [-0.3, -0.25) is 4.79 Å². The Morgan fingerprint density at radius 2 is 1.79 bits per heavy atom. The average Bonchev–Trinajstić information content (AvgIpc) is 3.32. The number of halogens is 1. The van der Waals surface area contributed by atoms with Gasteiger partial charge >= 0.3 is 0 Å². The topological polar surface area (TPSA) is 66.2 Å². The van der Waals surface area contributed by atoms with Gasteiger partial charge in [-0.25, -0.2) is 9.37 Å². The molecule has 202 valence electrons. The molecule has 6 rings (SSSR count). The molecule has 2 bridgehead atoms. The zero-order valence-electron chi connectivity index (χ0n) is 22.4. The molecule has 2 aromatic heterocycles. The van der Waals surface area contributed by atoms with Crippen LogP contribution in [0, 0.1) is 5.82 Å². The number of carbonyl (C=O) groups is 1. The van der Waals surface area contributed by atoms with Crippen molar-refractivity contribution >= 4 is 23.2 Å². The van der Waals surface area contributed by atoms with E-state index in [1.54, 1.807) is 12.1 Å². The lowest BCUT2D eigenvalue weighted by atomic mass is 9.80. The first kappa shape index (κ1) is 25.1. The van der Waals surface area contributed by atoms with Crippen LogP contribution in [-0.2, 0) is 14.9 Å². The molecular formula is C29H37FN6O2. The van der Waals surface area contributed by atoms with Crippen LogP contribution in [0.1, 0.15) is 62.7 Å². The number of anilines is 2. The Hall–Kier alpha value is -3.20. The summed E-state index contributed by atoms with van der Waals surface area (Å²) in [5, 5.41) is 5.07. The maximum Gasteiger partial charge on any atom is 0.235 e. The number of amides is 1. The van der Waals surface area contributed by atoms with Crippen LogP contribution in [0.25, 0.3) is 5.65 Å². The highest BCUT2D eigenvalue weighted by atomic mass is 19.1. The van der Waals surface area contributed by atoms with E-state index < -0.39 is 5.41 Å². The third-order valence-corrected chi connectivity index (χ3v) is 8.47. The van der Waals surface area contributed by atoms with Gasteiger partial charge < -0.3 is 19.4 Å². The normalized spacial score (nSPS) is 25.2. The van der Waals surface area contributed by atoms with Gasteiger partial charge in [0.1, 0.15) is 17.5 Å². The maximum absolute atomic E-state index is 14.4. The number of nitrogens with zero attached hydrogens (tertiary/aromatic N) is 6. The van der Waals surface area contributed by atoms with Crippen molar-refractivity contribution in [3.8, 4) is 0 Å². The van der Waals surface area contributed by atoms with Gasteiger partial charge in [0.05, 0.1) is 23.8 Å². The van der Waals surface area contributed by atoms with Gasteiger partial charge in [-0.05, 0) is 63.1 Å². The zero-order chi connectivity index (χ0) is 26.3. The number of hydrogen-bond donors (Lipinski definition) is 0. The van der Waals surface area contributed by atoms with Gasteiger partial charge in [0.25, 0.3) is 0 Å². The number of carbonyl (C=O) groups excluding carboxylic acids is 1. The van der Waals surface area contributed by atoms with Crippen molar-refractivity contribution in [2.24, 2.45) is 0 Å². The molecule has 2 saturated heterocycles. The van der Waals surface area contributed by atoms with E-state index in [9.17, 15) is 9.18 Å². The SMILES string of the molecule is CN1CCCCOCC(C)(c2ccc(F)cc2)C(=O)N2CCCCC2c2cc3nc(N4CCC4)cc1n3n2. The summed E-state index contributed by atoms with van der Waals surface area (Å²) < 4.78 is 21.9. The molecule has 2 unspecified atom stereocenters. The fourth-order valence-corrected chi connectivity index (χ4v) is 5.93. The van der Waals surface area contributed by atoms with E-state index in [2.05, 4.69) is 29.0 Å². The van der Waals surface area contributed by atoms with E-state index in [1.807, 2.05) is 16.3 Å². The molecule has 0 spiro atoms. The Kier molecular flexibility index (Phi) is 6.72. The summed E-state index contributed by atoms with van der Waals surface area (Å²) >= 11 is 0. The van der Waals surface area contributed by atoms with Crippen LogP contribution in [0.4, 0.5) is 16.0 Å². The summed E-state index contributed by atoms with van der Waals surface area (Å²) in [6.45, 7) is 6.33. The summed E-state index contributed by atoms with van der Waals surface area (Å²) in [5.41, 5.74) is 1.54. The summed E-state index contributed by atoms with van der Waals surface area (Å²) in [6, 6.07) is 10.4. The van der Waals surface area contributed by atoms with Gasteiger partial charge in [0.15, 0.2) is 5.65 Å². The minimum atomic E-state index is -0.923. The lowest BCUT2D eigenvalue weighted by Gasteiger charge is -2.41. The molecule has 3 aromatic rings. The average molecular weight is 521 g/mol. The predicted octanol–water partition coefficient (Wildman–Crippen LogP) is 4.34. The molecule has 0 saturated carbocycles. The van der Waals surface area contributed by atoms with Crippen molar-refractivity contribution in [2.45, 2.75) is 56.9 Å². The minimum absolute atomic E-state index is 0.00676. The Bertz CT molecular complexity index is 1310. The van der Waals surface area contributed by atoms with Gasteiger partial charge in [-0.15, -0.1) is 0 Å². The Labute approximate surface area is 223 Å². The van der Waals surface area contributed by atoms with E-state index in [0.717, 1.165) is 80.3 Å². The van der Waals surface area contributed by atoms with Gasteiger partial charge in [0.2, 0.25) is 5.91 Å². The largest absolute Gasteiger partial charge is 0.380 e. The molecule has 3 aliphatic heterocycles. The fourth-order valence-electron chi connectivity index (χ4n) is 5.93. The fraction of sp³-hybridized carbons (Fsp3) is 0.552. The maximum atomic E-state index is 14.4. The van der Waals surface area contributed by atoms with E-state index in [-0.39, 0.29) is 24.4 Å². The van der Waals surface area contributed by atoms with Crippen molar-refractivity contribution < 1.29 is 13.9 Å². The third-order valence-electron chi connectivity index (χ3n) is 8.47. The number of benzene rings is 1. The number of ether oxygens (including phenoxy) is 1. The van der Waals surface area contributed by atoms with E-state index in [1.165, 1.54) is 18.6 Å². The molecule has 0 radical (unpaired) electrons. The minimum Gasteiger partial charge on any atom is -0.380 e. The Balaban J connectivity index is 1.44. The van der Waals surface area contributed by atoms with Gasteiger partial charge in [-0.2, -0.15) is 9.61 Å². The van der Waals surface area contributed by atoms with Crippen LogP contribution in [0.15, 0.2) is 36.4 Å². The smallest absolute Gasteiger partial charge is 0.235 e. The third kappa shape index (κ3) is 4.51. The Morgan fingerprint density at radius 1 is 1.00 bits per heavy atom. The van der Waals surface area contributed by atoms with Crippen molar-refractivity contribution in [3.63, 3.8) is 0 Å². The molecule has 38 heavy (non-hydrogen) atoms. The van der Waals surface area contributed by atoms with E-state index in [0.29, 0.717) is 13.2 Å². The monoisotopic (exact) mass is 520 g/mol. The molecule has 3 aliphatic rings. The van der Waals surface area contributed by atoms with Crippen LogP contribution in [0.5, 0.6) is 0 Å². The first-order valence-electron chi connectivity index (χ1n) is 14.0. The van der Waals surface area contributed by atoms with Gasteiger partial charge in [0, 0.05) is 52.0 Å². The quantitative estimate of drug-likeness (QED) is 0.501. The highest BCUT2D eigenvalue weighted by Gasteiger charge is 2.43. The van der Waals surface area contributed by atoms with Crippen LogP contribution >= 0.6 is 0 Å². The number of rotatable bonds is 2. The summed E-state index contributed by atoms with van der Waals surface area (Å²) in [5.74, 6) is 1.70. The van der Waals surface area contributed by atoms with Crippen molar-refractivity contribution in [1.29, 1.82) is 0 Å². The second-order valence-electron chi connectivity index (χ2n) is 11.2. The number of piperidine rings is 1. The van der Waals surface area contributed by atoms with E-state index in [4.69, 9.17) is 14.8 Å². The first-order chi connectivity index (χ1) is 18.4. The first-order valence-corrected chi connectivity index (χ1v) is 14.0. The Morgan fingerprint density at radius 3 is 2.55 bits per heavy atom. The second-order valence-corrected chi connectivity index (χ2v) is 11.2. The highest BCUT2D eigenvalue weighted by Crippen LogP contribution is 2.37. The molecule has 1 amide bonds. The molecule has 0 aliphatic carbocycles. The van der Waals surface area contributed by atoms with Crippen LogP contribution in [-0.4, -0.2) is 71.8 Å². The van der Waals surface area contributed by atoms with Crippen molar-refractivity contribution in [2.75, 3.05) is 56.2 Å². The number of hydrogen-bond acceptors (Lipinski definition) is 6. The summed E-state index contributed by atoms with van der Waals surface area (Å²) in [4.78, 5) is 25.9. The van der Waals surface area contributed by atoms with Crippen LogP contribution in [0.2, 0.25) is 0 Å². The van der Waals surface area contributed by atoms with Gasteiger partial charge in [-0.1, -0.05) is 12.1 Å². The lowest BCUT2D eigenvalue weighted by Crippen LogP contribution is -2.50. The summed E-state index contributed by atoms with van der Waals surface area (Å²) in [6.07, 6.45) is 5.84. The molecular weight excluding hydrogens is 483 g/mol. The van der Waals surface area contributed by atoms with Crippen molar-refractivity contribution in [1.82, 2.24) is 19.5 Å². The molecule has 1 aromatic carbocycles. The van der Waals surface area contributed by atoms with Crippen LogP contribution in [0.3, 0.4) is 0 Å².